The molecule has 0 aliphatic rings. The fourth-order valence-electron chi connectivity index (χ4n) is 2.85. The van der Waals surface area contributed by atoms with Crippen LogP contribution in [-0.4, -0.2) is 19.7 Å². The number of nitrogens with one attached hydrogen (secondary N) is 1. The minimum absolute atomic E-state index is 0.0365. The number of pyridine rings is 1. The first-order valence-corrected chi connectivity index (χ1v) is 7.80. The highest BCUT2D eigenvalue weighted by Crippen LogP contribution is 2.32. The Morgan fingerprint density at radius 1 is 1.04 bits per heavy atom. The Kier molecular flexibility index (Phi) is 3.76. The summed E-state index contributed by atoms with van der Waals surface area (Å²) in [6, 6.07) is 9.37. The minimum Gasteiger partial charge on any atom is -0.353 e. The van der Waals surface area contributed by atoms with E-state index in [2.05, 4.69) is 15.1 Å². The number of hydrogen-bond donors (Lipinski definition) is 1. The van der Waals surface area contributed by atoms with Crippen molar-refractivity contribution in [3.05, 3.63) is 59.8 Å². The van der Waals surface area contributed by atoms with Crippen molar-refractivity contribution in [3.8, 4) is 22.6 Å². The molecule has 4 aromatic rings. The lowest BCUT2D eigenvalue weighted by atomic mass is 10.1. The van der Waals surface area contributed by atoms with Crippen molar-refractivity contribution in [3.63, 3.8) is 0 Å². The molecule has 0 spiro atoms. The Hall–Kier alpha value is -3.23. The zero-order chi connectivity index (χ0) is 19.3. The molecule has 1 N–H and O–H groups in total. The Morgan fingerprint density at radius 2 is 1.81 bits per heavy atom. The molecule has 138 valence electrons. The van der Waals surface area contributed by atoms with Crippen molar-refractivity contribution in [1.29, 1.82) is 0 Å². The maximum atomic E-state index is 14.0. The van der Waals surface area contributed by atoms with E-state index >= 15 is 0 Å². The second-order valence-electron chi connectivity index (χ2n) is 5.95. The van der Waals surface area contributed by atoms with Crippen LogP contribution in [0.25, 0.3) is 33.7 Å². The number of alkyl halides is 3. The number of fused-ring (bicyclic) bond motifs is 1. The highest BCUT2D eigenvalue weighted by Gasteiger charge is 2.34. The quantitative estimate of drug-likeness (QED) is 0.503. The highest BCUT2D eigenvalue weighted by atomic mass is 19.4. The molecule has 0 fully saturated rings. The summed E-state index contributed by atoms with van der Waals surface area (Å²) < 4.78 is 67.1. The first-order valence-electron chi connectivity index (χ1n) is 7.80. The van der Waals surface area contributed by atoms with Gasteiger partial charge in [-0.25, -0.2) is 13.8 Å². The summed E-state index contributed by atoms with van der Waals surface area (Å²) in [5.74, 6) is -1.97. The summed E-state index contributed by atoms with van der Waals surface area (Å²) in [5, 5.41) is 3.47. The summed E-state index contributed by atoms with van der Waals surface area (Å²) in [5.41, 5.74) is 0.735. The van der Waals surface area contributed by atoms with Crippen molar-refractivity contribution in [1.82, 2.24) is 19.7 Å². The van der Waals surface area contributed by atoms with E-state index in [-0.39, 0.29) is 17.0 Å². The number of H-pyrrole nitrogens is 1. The lowest BCUT2D eigenvalue weighted by Gasteiger charge is -2.00. The van der Waals surface area contributed by atoms with Gasteiger partial charge in [-0.2, -0.15) is 18.3 Å². The Bertz CT molecular complexity index is 1160. The fourth-order valence-corrected chi connectivity index (χ4v) is 2.85. The van der Waals surface area contributed by atoms with Crippen molar-refractivity contribution < 1.29 is 22.0 Å². The first kappa shape index (κ1) is 17.2. The van der Waals surface area contributed by atoms with Gasteiger partial charge in [0.05, 0.1) is 28.1 Å². The van der Waals surface area contributed by atoms with Crippen LogP contribution in [0.1, 0.15) is 5.69 Å². The zero-order valence-corrected chi connectivity index (χ0v) is 13.8. The van der Waals surface area contributed by atoms with Gasteiger partial charge in [-0.05, 0) is 36.4 Å². The highest BCUT2D eigenvalue weighted by molar-refractivity contribution is 5.84. The number of hydrogen-bond acceptors (Lipinski definition) is 2. The Labute approximate surface area is 149 Å². The summed E-state index contributed by atoms with van der Waals surface area (Å²) in [7, 11) is 1.39. The van der Waals surface area contributed by atoms with Crippen molar-refractivity contribution in [2.45, 2.75) is 6.18 Å². The maximum absolute atomic E-state index is 14.0. The van der Waals surface area contributed by atoms with Gasteiger partial charge in [0.2, 0.25) is 0 Å². The van der Waals surface area contributed by atoms with Crippen LogP contribution in [0, 0.1) is 11.6 Å². The smallest absolute Gasteiger partial charge is 0.353 e. The average molecular weight is 378 g/mol. The van der Waals surface area contributed by atoms with Gasteiger partial charge in [-0.3, -0.25) is 4.68 Å². The van der Waals surface area contributed by atoms with E-state index in [1.807, 2.05) is 0 Å². The van der Waals surface area contributed by atoms with E-state index in [0.717, 1.165) is 16.8 Å². The average Bonchev–Trinajstić information content (AvgIpc) is 3.19. The molecule has 0 amide bonds. The van der Waals surface area contributed by atoms with Gasteiger partial charge >= 0.3 is 6.18 Å². The second kappa shape index (κ2) is 5.90. The van der Waals surface area contributed by atoms with Gasteiger partial charge < -0.3 is 4.98 Å². The van der Waals surface area contributed by atoms with Crippen LogP contribution < -0.4 is 0 Å². The monoisotopic (exact) mass is 378 g/mol. The topological polar surface area (TPSA) is 46.5 Å². The van der Waals surface area contributed by atoms with Crippen molar-refractivity contribution in [2.75, 3.05) is 0 Å². The van der Waals surface area contributed by atoms with Crippen molar-refractivity contribution in [2.24, 2.45) is 7.05 Å². The van der Waals surface area contributed by atoms with Crippen LogP contribution in [-0.2, 0) is 13.2 Å². The molecule has 27 heavy (non-hydrogen) atoms. The number of aromatic amines is 1. The van der Waals surface area contributed by atoms with Crippen LogP contribution >= 0.6 is 0 Å². The second-order valence-corrected chi connectivity index (χ2v) is 5.95. The molecule has 0 saturated carbocycles. The van der Waals surface area contributed by atoms with E-state index in [0.29, 0.717) is 16.7 Å². The van der Waals surface area contributed by atoms with E-state index in [1.54, 1.807) is 6.07 Å². The summed E-state index contributed by atoms with van der Waals surface area (Å²) >= 11 is 0. The molecule has 3 heterocycles. The Balaban J connectivity index is 1.80. The predicted molar refractivity (Wildman–Crippen MR) is 88.6 cm³/mol. The molecule has 0 radical (unpaired) electrons. The third-order valence-electron chi connectivity index (χ3n) is 4.15. The molecule has 0 aliphatic heterocycles. The van der Waals surface area contributed by atoms with Gasteiger partial charge in [0.15, 0.2) is 17.3 Å². The number of aromatic nitrogens is 4. The van der Waals surface area contributed by atoms with Crippen LogP contribution in [0.5, 0.6) is 0 Å². The van der Waals surface area contributed by atoms with Crippen LogP contribution in [0.15, 0.2) is 42.5 Å². The van der Waals surface area contributed by atoms with Gasteiger partial charge in [0.1, 0.15) is 0 Å². The molecule has 1 aromatic carbocycles. The predicted octanol–water partition coefficient (Wildman–Crippen LogP) is 4.93. The van der Waals surface area contributed by atoms with Gasteiger partial charge in [-0.15, -0.1) is 0 Å². The SMILES string of the molecule is Cn1nc(C(F)(F)F)cc1-c1ccc2[nH]c(-c3cccc(F)c3F)cc2n1. The van der Waals surface area contributed by atoms with Gasteiger partial charge in [0.25, 0.3) is 0 Å². The maximum Gasteiger partial charge on any atom is 0.435 e. The number of rotatable bonds is 2. The molecular formula is C18H11F5N4. The molecule has 9 heteroatoms. The van der Waals surface area contributed by atoms with Crippen LogP contribution in [0.4, 0.5) is 22.0 Å². The first-order chi connectivity index (χ1) is 12.7. The molecule has 0 aliphatic carbocycles. The lowest BCUT2D eigenvalue weighted by Crippen LogP contribution is -2.06. The van der Waals surface area contributed by atoms with E-state index in [4.69, 9.17) is 0 Å². The third kappa shape index (κ3) is 2.94. The standard InChI is InChI=1S/C18H11F5N4/c1-27-15(8-16(26-27)18(21,22)23)12-6-5-11-14(25-12)7-13(24-11)9-3-2-4-10(19)17(9)20/h2-8,24H,1H3. The zero-order valence-electron chi connectivity index (χ0n) is 13.8. The summed E-state index contributed by atoms with van der Waals surface area (Å²) in [6.07, 6.45) is -4.56. The van der Waals surface area contributed by atoms with Gasteiger partial charge in [-0.1, -0.05) is 6.07 Å². The lowest BCUT2D eigenvalue weighted by molar-refractivity contribution is -0.141. The molecule has 0 bridgehead atoms. The molecule has 3 aromatic heterocycles. The van der Waals surface area contributed by atoms with Crippen LogP contribution in [0.2, 0.25) is 0 Å². The number of nitrogens with zero attached hydrogens (tertiary/aromatic N) is 3. The number of halogens is 5. The minimum atomic E-state index is -4.56. The largest absolute Gasteiger partial charge is 0.435 e. The van der Waals surface area contributed by atoms with E-state index in [9.17, 15) is 22.0 Å². The number of benzene rings is 1. The summed E-state index contributed by atoms with van der Waals surface area (Å²) in [6.45, 7) is 0. The molecular weight excluding hydrogens is 367 g/mol. The fraction of sp³-hybridized carbons (Fsp3) is 0.111. The Morgan fingerprint density at radius 3 is 2.52 bits per heavy atom. The van der Waals surface area contributed by atoms with E-state index in [1.165, 1.54) is 31.3 Å². The van der Waals surface area contributed by atoms with Crippen molar-refractivity contribution >= 4 is 11.0 Å². The molecule has 0 saturated heterocycles. The van der Waals surface area contributed by atoms with Crippen LogP contribution in [0.3, 0.4) is 0 Å². The molecule has 0 unspecified atom stereocenters. The molecule has 4 rings (SSSR count). The number of aryl methyl sites for hydroxylation is 1. The van der Waals surface area contributed by atoms with Gasteiger partial charge in [0, 0.05) is 12.6 Å². The normalized spacial score (nSPS) is 12.1. The third-order valence-corrected chi connectivity index (χ3v) is 4.15. The molecule has 0 atom stereocenters. The summed E-state index contributed by atoms with van der Waals surface area (Å²) in [4.78, 5) is 7.26. The molecule has 4 nitrogen and oxygen atoms in total. The van der Waals surface area contributed by atoms with E-state index < -0.39 is 23.5 Å².